The zero-order valence-electron chi connectivity index (χ0n) is 20.7. The maximum Gasteiger partial charge on any atom is 0.243 e. The van der Waals surface area contributed by atoms with Crippen molar-refractivity contribution in [2.75, 3.05) is 26.1 Å². The number of sulfonamides is 1. The van der Waals surface area contributed by atoms with Gasteiger partial charge in [-0.2, -0.15) is 0 Å². The van der Waals surface area contributed by atoms with Gasteiger partial charge in [0, 0.05) is 6.07 Å². The predicted octanol–water partition coefficient (Wildman–Crippen LogP) is 2.15. The number of ether oxygens (including phenoxy) is 3. The van der Waals surface area contributed by atoms with E-state index in [1.807, 2.05) is 0 Å². The number of aliphatic hydroxyl groups excluding tert-OH is 1. The van der Waals surface area contributed by atoms with E-state index in [0.717, 1.165) is 12.4 Å². The number of hydrogen-bond acceptors (Lipinski definition) is 11. The van der Waals surface area contributed by atoms with Gasteiger partial charge in [0.25, 0.3) is 0 Å². The summed E-state index contributed by atoms with van der Waals surface area (Å²) in [5.74, 6) is -0.165. The van der Waals surface area contributed by atoms with Gasteiger partial charge in [0.1, 0.15) is 34.2 Å². The second-order valence-corrected chi connectivity index (χ2v) is 9.85. The van der Waals surface area contributed by atoms with E-state index < -0.39 is 27.2 Å². The Kier molecular flexibility index (Phi) is 7.68. The van der Waals surface area contributed by atoms with E-state index in [2.05, 4.69) is 29.9 Å². The van der Waals surface area contributed by atoms with Gasteiger partial charge in [-0.1, -0.05) is 12.1 Å². The van der Waals surface area contributed by atoms with E-state index in [0.29, 0.717) is 23.1 Å². The van der Waals surface area contributed by atoms with Crippen molar-refractivity contribution in [3.8, 4) is 34.6 Å². The van der Waals surface area contributed by atoms with Crippen LogP contribution in [0.5, 0.6) is 17.4 Å². The lowest BCUT2D eigenvalue weighted by atomic mass is 10.2. The number of pyridine rings is 1. The number of benzene rings is 1. The molecule has 2 atom stereocenters. The average molecular weight is 546 g/mol. The van der Waals surface area contributed by atoms with E-state index >= 15 is 0 Å². The number of hydrogen-bond donors (Lipinski definition) is 2. The Bertz CT molecular complexity index is 1510. The highest BCUT2D eigenvalue weighted by Gasteiger charge is 2.34. The molecule has 4 aromatic rings. The SMILES string of the molecule is COc1cccc(-c2nnc(NS(=O)(=O)[C@@H](C)[C@H](O)c3ncc(F)cn3)n2-c2c(OC)cccc2OC)n1. The fourth-order valence-electron chi connectivity index (χ4n) is 3.51. The van der Waals surface area contributed by atoms with Crippen LogP contribution in [0, 0.1) is 5.82 Å². The molecule has 15 heteroatoms. The summed E-state index contributed by atoms with van der Waals surface area (Å²) in [5, 5.41) is 17.4. The highest BCUT2D eigenvalue weighted by molar-refractivity contribution is 7.93. The van der Waals surface area contributed by atoms with Gasteiger partial charge >= 0.3 is 0 Å². The van der Waals surface area contributed by atoms with Gasteiger partial charge in [-0.25, -0.2) is 27.8 Å². The average Bonchev–Trinajstić information content (AvgIpc) is 3.34. The summed E-state index contributed by atoms with van der Waals surface area (Å²) in [6, 6.07) is 9.96. The lowest BCUT2D eigenvalue weighted by Crippen LogP contribution is -2.32. The van der Waals surface area contributed by atoms with E-state index in [-0.39, 0.29) is 23.3 Å². The lowest BCUT2D eigenvalue weighted by Gasteiger charge is -2.20. The lowest BCUT2D eigenvalue weighted by molar-refractivity contribution is 0.166. The van der Waals surface area contributed by atoms with Crippen LogP contribution >= 0.6 is 0 Å². The van der Waals surface area contributed by atoms with Crippen LogP contribution in [-0.2, 0) is 10.0 Å². The monoisotopic (exact) mass is 545 g/mol. The molecule has 2 N–H and O–H groups in total. The number of rotatable bonds is 10. The molecule has 3 heterocycles. The van der Waals surface area contributed by atoms with Crippen molar-refractivity contribution in [2.24, 2.45) is 0 Å². The molecule has 0 aliphatic carbocycles. The zero-order valence-corrected chi connectivity index (χ0v) is 21.5. The second kappa shape index (κ2) is 10.9. The molecule has 0 spiro atoms. The quantitative estimate of drug-likeness (QED) is 0.300. The van der Waals surface area contributed by atoms with Crippen LogP contribution in [0.1, 0.15) is 18.9 Å². The fraction of sp³-hybridized carbons (Fsp3) is 0.261. The fourth-order valence-corrected chi connectivity index (χ4v) is 4.54. The van der Waals surface area contributed by atoms with Crippen molar-refractivity contribution < 1.29 is 32.1 Å². The minimum absolute atomic E-state index is 0.138. The molecule has 0 aliphatic rings. The van der Waals surface area contributed by atoms with Crippen LogP contribution in [0.15, 0.2) is 48.8 Å². The number of methoxy groups -OCH3 is 3. The van der Waals surface area contributed by atoms with E-state index in [1.165, 1.54) is 32.8 Å². The number of aromatic nitrogens is 6. The smallest absolute Gasteiger partial charge is 0.243 e. The Morgan fingerprint density at radius 1 is 0.974 bits per heavy atom. The summed E-state index contributed by atoms with van der Waals surface area (Å²) in [6.07, 6.45) is -0.0168. The van der Waals surface area contributed by atoms with Crippen molar-refractivity contribution in [2.45, 2.75) is 18.3 Å². The number of aliphatic hydroxyl groups is 1. The molecule has 3 aromatic heterocycles. The van der Waals surface area contributed by atoms with Crippen LogP contribution < -0.4 is 18.9 Å². The molecule has 4 rings (SSSR count). The molecule has 200 valence electrons. The first-order valence-electron chi connectivity index (χ1n) is 11.1. The van der Waals surface area contributed by atoms with Gasteiger partial charge in [0.05, 0.1) is 33.7 Å². The first-order valence-corrected chi connectivity index (χ1v) is 12.6. The number of para-hydroxylation sites is 1. The molecule has 13 nitrogen and oxygen atoms in total. The Hall–Kier alpha value is -4.37. The molecule has 0 aliphatic heterocycles. The van der Waals surface area contributed by atoms with Gasteiger partial charge in [0.15, 0.2) is 17.5 Å². The molecule has 0 unspecified atom stereocenters. The normalized spacial score (nSPS) is 13.0. The molecular weight excluding hydrogens is 521 g/mol. The third-order valence-electron chi connectivity index (χ3n) is 5.52. The van der Waals surface area contributed by atoms with Crippen molar-refractivity contribution in [3.05, 3.63) is 60.4 Å². The zero-order chi connectivity index (χ0) is 27.4. The van der Waals surface area contributed by atoms with Crippen molar-refractivity contribution in [1.82, 2.24) is 29.7 Å². The van der Waals surface area contributed by atoms with E-state index in [1.54, 1.807) is 36.4 Å². The second-order valence-electron chi connectivity index (χ2n) is 7.82. The van der Waals surface area contributed by atoms with Gasteiger partial charge in [-0.3, -0.25) is 9.29 Å². The highest BCUT2D eigenvalue weighted by atomic mass is 32.2. The Balaban J connectivity index is 1.84. The van der Waals surface area contributed by atoms with Crippen molar-refractivity contribution in [1.29, 1.82) is 0 Å². The summed E-state index contributed by atoms with van der Waals surface area (Å²) in [5.41, 5.74) is 0.595. The van der Waals surface area contributed by atoms with Crippen LogP contribution in [0.3, 0.4) is 0 Å². The van der Waals surface area contributed by atoms with Gasteiger partial charge < -0.3 is 19.3 Å². The third-order valence-corrected chi connectivity index (χ3v) is 7.23. The van der Waals surface area contributed by atoms with Crippen molar-refractivity contribution >= 4 is 16.0 Å². The first kappa shape index (κ1) is 26.7. The maximum atomic E-state index is 13.3. The van der Waals surface area contributed by atoms with Crippen LogP contribution in [0.4, 0.5) is 10.3 Å². The highest BCUT2D eigenvalue weighted by Crippen LogP contribution is 2.38. The molecule has 0 saturated heterocycles. The Morgan fingerprint density at radius 3 is 2.21 bits per heavy atom. The van der Waals surface area contributed by atoms with Gasteiger partial charge in [-0.15, -0.1) is 10.2 Å². The third kappa shape index (κ3) is 5.19. The summed E-state index contributed by atoms with van der Waals surface area (Å²) in [6.45, 7) is 1.24. The van der Waals surface area contributed by atoms with Crippen LogP contribution in [0.25, 0.3) is 17.2 Å². The van der Waals surface area contributed by atoms with Crippen LogP contribution in [-0.4, -0.2) is 69.8 Å². The summed E-state index contributed by atoms with van der Waals surface area (Å²) in [7, 11) is -0.00737. The number of nitrogens with zero attached hydrogens (tertiary/aromatic N) is 6. The minimum atomic E-state index is -4.35. The maximum absolute atomic E-state index is 13.3. The Morgan fingerprint density at radius 2 is 1.61 bits per heavy atom. The number of nitrogens with one attached hydrogen (secondary N) is 1. The predicted molar refractivity (Wildman–Crippen MR) is 133 cm³/mol. The summed E-state index contributed by atoms with van der Waals surface area (Å²) < 4.78 is 59.9. The van der Waals surface area contributed by atoms with Gasteiger partial charge in [-0.05, 0) is 25.1 Å². The largest absolute Gasteiger partial charge is 0.494 e. The molecule has 0 bridgehead atoms. The van der Waals surface area contributed by atoms with E-state index in [4.69, 9.17) is 14.2 Å². The molecule has 38 heavy (non-hydrogen) atoms. The number of anilines is 1. The summed E-state index contributed by atoms with van der Waals surface area (Å²) in [4.78, 5) is 11.7. The molecule has 0 amide bonds. The molecule has 0 fully saturated rings. The number of halogens is 1. The van der Waals surface area contributed by atoms with E-state index in [9.17, 15) is 17.9 Å². The molecule has 0 saturated carbocycles. The molecule has 1 aromatic carbocycles. The summed E-state index contributed by atoms with van der Waals surface area (Å²) >= 11 is 0. The Labute approximate surface area is 217 Å². The van der Waals surface area contributed by atoms with Crippen molar-refractivity contribution in [3.63, 3.8) is 0 Å². The van der Waals surface area contributed by atoms with Gasteiger partial charge in [0.2, 0.25) is 21.9 Å². The van der Waals surface area contributed by atoms with Crippen LogP contribution in [0.2, 0.25) is 0 Å². The standard InChI is InChI=1S/C23H24FN7O6S/c1-13(20(32)21-25-11-14(24)12-26-21)38(33,34)30-23-29-28-22(15-7-5-10-18(27-15)37-4)31(23)19-16(35-2)8-6-9-17(19)36-3/h5-13,20,32H,1-4H3,(H,29,30)/t13-,20-/m0/s1. The minimum Gasteiger partial charge on any atom is -0.494 e. The first-order chi connectivity index (χ1) is 18.2. The topological polar surface area (TPSA) is 163 Å². The molecule has 0 radical (unpaired) electrons. The molecular formula is C23H24FN7O6S.